The Balaban J connectivity index is 1.36. The summed E-state index contributed by atoms with van der Waals surface area (Å²) >= 11 is 1.29. The van der Waals surface area contributed by atoms with Crippen LogP contribution in [0.1, 0.15) is 5.76 Å². The molecule has 1 saturated heterocycles. The van der Waals surface area contributed by atoms with Gasteiger partial charge >= 0.3 is 6.03 Å². The van der Waals surface area contributed by atoms with Crippen LogP contribution in [0.25, 0.3) is 17.1 Å². The van der Waals surface area contributed by atoms with Gasteiger partial charge in [0.15, 0.2) is 10.2 Å². The molecule has 37 heavy (non-hydrogen) atoms. The van der Waals surface area contributed by atoms with Crippen LogP contribution in [0, 0.1) is 0 Å². The molecule has 4 amide bonds. The van der Waals surface area contributed by atoms with Gasteiger partial charge in [0, 0.05) is 0 Å². The Hall–Kier alpha value is -4.89. The maximum atomic E-state index is 13.5. The van der Waals surface area contributed by atoms with Crippen LogP contribution in [-0.4, -0.2) is 27.8 Å². The number of para-hydroxylation sites is 4. The maximum Gasteiger partial charge on any atom is 0.343 e. The number of amides is 4. The first kappa shape index (κ1) is 22.6. The van der Waals surface area contributed by atoms with E-state index in [1.165, 1.54) is 17.8 Å². The number of barbiturate groups is 1. The van der Waals surface area contributed by atoms with Crippen molar-refractivity contribution < 1.29 is 18.8 Å². The second-order valence-electron chi connectivity index (χ2n) is 8.11. The number of rotatable bonds is 5. The molecule has 9 heteroatoms. The lowest BCUT2D eigenvalue weighted by Gasteiger charge is -2.33. The number of urea groups is 1. The van der Waals surface area contributed by atoms with E-state index in [0.29, 0.717) is 27.4 Å². The van der Waals surface area contributed by atoms with E-state index in [1.54, 1.807) is 72.8 Å². The van der Waals surface area contributed by atoms with Gasteiger partial charge < -0.3 is 9.40 Å². The van der Waals surface area contributed by atoms with E-state index in [-0.39, 0.29) is 5.57 Å². The van der Waals surface area contributed by atoms with Crippen LogP contribution < -0.4 is 9.80 Å². The Morgan fingerprint density at radius 2 is 1.32 bits per heavy atom. The summed E-state index contributed by atoms with van der Waals surface area (Å²) < 4.78 is 5.89. The monoisotopic (exact) mass is 506 g/mol. The Morgan fingerprint density at radius 1 is 0.730 bits per heavy atom. The number of hydrogen-bond donors (Lipinski definition) is 1. The summed E-state index contributed by atoms with van der Waals surface area (Å²) in [5.74, 6) is -1.15. The third-order valence-electron chi connectivity index (χ3n) is 5.73. The number of imidazole rings is 1. The van der Waals surface area contributed by atoms with Gasteiger partial charge in [0.1, 0.15) is 11.3 Å². The normalized spacial score (nSPS) is 14.1. The molecule has 0 unspecified atom stereocenters. The first-order valence-corrected chi connectivity index (χ1v) is 12.2. The molecule has 1 aliphatic heterocycles. The van der Waals surface area contributed by atoms with Crippen LogP contribution in [0.3, 0.4) is 0 Å². The number of furan rings is 1. The predicted octanol–water partition coefficient (Wildman–Crippen LogP) is 5.89. The molecule has 0 radical (unpaired) electrons. The molecule has 0 atom stereocenters. The third-order valence-corrected chi connectivity index (χ3v) is 6.54. The van der Waals surface area contributed by atoms with Crippen LogP contribution in [0.5, 0.6) is 0 Å². The quantitative estimate of drug-likeness (QED) is 0.236. The Kier molecular flexibility index (Phi) is 5.66. The van der Waals surface area contributed by atoms with Gasteiger partial charge in [-0.15, -0.1) is 0 Å². The van der Waals surface area contributed by atoms with Gasteiger partial charge in [-0.2, -0.15) is 0 Å². The number of aromatic amines is 1. The number of carbonyl (C=O) groups is 3. The van der Waals surface area contributed by atoms with Gasteiger partial charge in [0.05, 0.1) is 22.4 Å². The lowest BCUT2D eigenvalue weighted by Crippen LogP contribution is -2.57. The van der Waals surface area contributed by atoms with Crippen molar-refractivity contribution in [2.24, 2.45) is 0 Å². The Labute approximate surface area is 215 Å². The smallest absolute Gasteiger partial charge is 0.343 e. The summed E-state index contributed by atoms with van der Waals surface area (Å²) in [6.07, 6.45) is 1.37. The molecular formula is C28H18N4O4S. The molecule has 3 aromatic carbocycles. The summed E-state index contributed by atoms with van der Waals surface area (Å²) in [4.78, 5) is 50.0. The number of benzene rings is 3. The Morgan fingerprint density at radius 3 is 1.95 bits per heavy atom. The van der Waals surface area contributed by atoms with Crippen molar-refractivity contribution in [2.75, 3.05) is 9.80 Å². The molecule has 8 nitrogen and oxygen atoms in total. The highest BCUT2D eigenvalue weighted by Gasteiger charge is 2.43. The first-order valence-electron chi connectivity index (χ1n) is 11.4. The van der Waals surface area contributed by atoms with E-state index in [1.807, 2.05) is 24.3 Å². The molecule has 1 fully saturated rings. The molecule has 2 aromatic heterocycles. The van der Waals surface area contributed by atoms with E-state index in [4.69, 9.17) is 4.42 Å². The largest absolute Gasteiger partial charge is 0.450 e. The molecule has 3 heterocycles. The number of aromatic nitrogens is 2. The van der Waals surface area contributed by atoms with Crippen LogP contribution in [0.2, 0.25) is 0 Å². The second-order valence-corrected chi connectivity index (χ2v) is 9.10. The van der Waals surface area contributed by atoms with Crippen molar-refractivity contribution in [3.8, 4) is 0 Å². The molecule has 1 aliphatic rings. The highest BCUT2D eigenvalue weighted by Crippen LogP contribution is 2.32. The van der Waals surface area contributed by atoms with Gasteiger partial charge in [-0.05, 0) is 66.4 Å². The zero-order chi connectivity index (χ0) is 25.4. The summed E-state index contributed by atoms with van der Waals surface area (Å²) in [6, 6.07) is 27.3. The number of fused-ring (bicyclic) bond motifs is 1. The molecule has 6 rings (SSSR count). The lowest BCUT2D eigenvalue weighted by atomic mass is 10.1. The average molecular weight is 507 g/mol. The highest BCUT2D eigenvalue weighted by molar-refractivity contribution is 7.99. The summed E-state index contributed by atoms with van der Waals surface area (Å²) in [5, 5.41) is 1.17. The molecule has 180 valence electrons. The van der Waals surface area contributed by atoms with Gasteiger partial charge in [-0.25, -0.2) is 19.6 Å². The minimum Gasteiger partial charge on any atom is -0.450 e. The molecular weight excluding hydrogens is 488 g/mol. The van der Waals surface area contributed by atoms with Gasteiger partial charge in [0.25, 0.3) is 11.8 Å². The predicted molar refractivity (Wildman–Crippen MR) is 140 cm³/mol. The number of nitrogens with one attached hydrogen (secondary N) is 1. The first-order chi connectivity index (χ1) is 18.1. The van der Waals surface area contributed by atoms with Crippen LogP contribution in [0.15, 0.2) is 117 Å². The van der Waals surface area contributed by atoms with Crippen molar-refractivity contribution in [3.05, 3.63) is 108 Å². The van der Waals surface area contributed by atoms with Gasteiger partial charge in [0.2, 0.25) is 0 Å². The van der Waals surface area contributed by atoms with E-state index in [9.17, 15) is 14.4 Å². The number of anilines is 2. The maximum absolute atomic E-state index is 13.5. The molecule has 1 N–H and O–H groups in total. The van der Waals surface area contributed by atoms with Crippen molar-refractivity contribution in [1.29, 1.82) is 0 Å². The summed E-state index contributed by atoms with van der Waals surface area (Å²) in [5.41, 5.74) is 2.27. The molecule has 0 aliphatic carbocycles. The zero-order valence-electron chi connectivity index (χ0n) is 19.2. The topological polar surface area (TPSA) is 99.5 Å². The summed E-state index contributed by atoms with van der Waals surface area (Å²) in [6.45, 7) is 0. The fourth-order valence-corrected chi connectivity index (χ4v) is 4.79. The molecule has 0 spiro atoms. The SMILES string of the molecule is O=C1C(=Cc2ccc(Sc3nc4ccccc4[nH]3)o2)C(=O)N(c2ccccc2)C(=O)N1c1ccccc1. The second kappa shape index (κ2) is 9.29. The van der Waals surface area contributed by atoms with Crippen LogP contribution in [-0.2, 0) is 9.59 Å². The van der Waals surface area contributed by atoms with Crippen molar-refractivity contribution in [3.63, 3.8) is 0 Å². The fourth-order valence-electron chi connectivity index (χ4n) is 4.02. The lowest BCUT2D eigenvalue weighted by molar-refractivity contribution is -0.121. The van der Waals surface area contributed by atoms with E-state index in [2.05, 4.69) is 9.97 Å². The third kappa shape index (κ3) is 4.21. The highest BCUT2D eigenvalue weighted by atomic mass is 32.2. The van der Waals surface area contributed by atoms with Gasteiger partial charge in [-0.3, -0.25) is 9.59 Å². The fraction of sp³-hybridized carbons (Fsp3) is 0. The Bertz CT molecular complexity index is 1580. The zero-order valence-corrected chi connectivity index (χ0v) is 20.0. The van der Waals surface area contributed by atoms with Crippen molar-refractivity contribution in [2.45, 2.75) is 10.2 Å². The minimum absolute atomic E-state index is 0.193. The minimum atomic E-state index is -0.745. The van der Waals surface area contributed by atoms with Crippen molar-refractivity contribution in [1.82, 2.24) is 9.97 Å². The molecule has 0 saturated carbocycles. The van der Waals surface area contributed by atoms with Crippen LogP contribution >= 0.6 is 11.8 Å². The van der Waals surface area contributed by atoms with E-state index < -0.39 is 17.8 Å². The van der Waals surface area contributed by atoms with E-state index >= 15 is 0 Å². The number of hydrogen-bond acceptors (Lipinski definition) is 6. The van der Waals surface area contributed by atoms with Crippen molar-refractivity contribution >= 4 is 58.1 Å². The summed E-state index contributed by atoms with van der Waals surface area (Å²) in [7, 11) is 0. The number of nitrogens with zero attached hydrogens (tertiary/aromatic N) is 3. The number of imide groups is 2. The molecule has 5 aromatic rings. The molecule has 0 bridgehead atoms. The number of H-pyrrole nitrogens is 1. The van der Waals surface area contributed by atoms with Crippen LogP contribution in [0.4, 0.5) is 16.2 Å². The standard InChI is InChI=1S/C28H18N4O4S/c33-25-21(17-20-15-16-24(36-20)37-27-29-22-13-7-8-14-23(22)30-27)26(34)32(19-11-5-2-6-12-19)28(35)31(25)18-9-3-1-4-10-18/h1-17H,(H,29,30). The average Bonchev–Trinajstić information content (AvgIpc) is 3.54. The van der Waals surface area contributed by atoms with E-state index in [0.717, 1.165) is 20.8 Å². The van der Waals surface area contributed by atoms with Gasteiger partial charge in [-0.1, -0.05) is 48.5 Å². The number of carbonyl (C=O) groups excluding carboxylic acids is 3.